The summed E-state index contributed by atoms with van der Waals surface area (Å²) < 4.78 is 10.4. The van der Waals surface area contributed by atoms with Gasteiger partial charge in [0.2, 0.25) is 0 Å². The summed E-state index contributed by atoms with van der Waals surface area (Å²) in [5, 5.41) is 5.34. The van der Waals surface area contributed by atoms with Crippen LogP contribution in [-0.4, -0.2) is 31.0 Å². The van der Waals surface area contributed by atoms with Crippen LogP contribution in [0.2, 0.25) is 0 Å². The molecule has 1 aliphatic heterocycles. The Hall–Kier alpha value is -3.35. The first kappa shape index (κ1) is 16.5. The third-order valence-corrected chi connectivity index (χ3v) is 3.55. The summed E-state index contributed by atoms with van der Waals surface area (Å²) in [5.41, 5.74) is 1.29. The van der Waals surface area contributed by atoms with E-state index in [4.69, 9.17) is 9.47 Å². The van der Waals surface area contributed by atoms with Crippen molar-refractivity contribution >= 4 is 29.2 Å². The molecule has 0 atom stereocenters. The molecule has 0 saturated heterocycles. The molecule has 0 aliphatic carbocycles. The van der Waals surface area contributed by atoms with Crippen molar-refractivity contribution < 1.29 is 23.9 Å². The molecule has 0 saturated carbocycles. The van der Waals surface area contributed by atoms with Crippen LogP contribution in [0, 0.1) is 0 Å². The number of nitrogens with one attached hydrogen (secondary N) is 2. The lowest BCUT2D eigenvalue weighted by atomic mass is 10.1. The lowest BCUT2D eigenvalue weighted by Crippen LogP contribution is -2.27. The van der Waals surface area contributed by atoms with Crippen LogP contribution in [0.1, 0.15) is 27.6 Å². The van der Waals surface area contributed by atoms with Crippen molar-refractivity contribution in [1.82, 2.24) is 0 Å². The van der Waals surface area contributed by atoms with Gasteiger partial charge < -0.3 is 20.1 Å². The summed E-state index contributed by atoms with van der Waals surface area (Å²) >= 11 is 0. The number of hydrogen-bond donors (Lipinski definition) is 2. The Morgan fingerprint density at radius 1 is 1.16 bits per heavy atom. The molecular weight excluding hydrogens is 324 g/mol. The minimum absolute atomic E-state index is 0.156. The predicted molar refractivity (Wildman–Crippen MR) is 90.9 cm³/mol. The van der Waals surface area contributed by atoms with Gasteiger partial charge in [0.1, 0.15) is 0 Å². The van der Waals surface area contributed by atoms with E-state index in [-0.39, 0.29) is 30.2 Å². The highest BCUT2D eigenvalue weighted by atomic mass is 16.5. The van der Waals surface area contributed by atoms with E-state index < -0.39 is 11.9 Å². The van der Waals surface area contributed by atoms with Crippen molar-refractivity contribution in [2.75, 3.05) is 23.8 Å². The van der Waals surface area contributed by atoms with Gasteiger partial charge in [-0.15, -0.1) is 0 Å². The van der Waals surface area contributed by atoms with Gasteiger partial charge in [0, 0.05) is 0 Å². The van der Waals surface area contributed by atoms with Gasteiger partial charge in [-0.05, 0) is 31.2 Å². The summed E-state index contributed by atoms with van der Waals surface area (Å²) in [6.07, 6.45) is 0. The Morgan fingerprint density at radius 3 is 2.72 bits per heavy atom. The number of carbonyl (C=O) groups excluding carboxylic acids is 3. The molecular formula is C18H16N2O5. The SMILES string of the molecule is CCOC(=O)c1ccccc1NC(=O)c1cccc2c1OCC(=O)N2. The molecule has 0 radical (unpaired) electrons. The van der Waals surface area contributed by atoms with Crippen molar-refractivity contribution in [1.29, 1.82) is 0 Å². The van der Waals surface area contributed by atoms with Crippen LogP contribution >= 0.6 is 0 Å². The first-order valence-corrected chi connectivity index (χ1v) is 7.73. The fraction of sp³-hybridized carbons (Fsp3) is 0.167. The Morgan fingerprint density at radius 2 is 1.92 bits per heavy atom. The highest BCUT2D eigenvalue weighted by Crippen LogP contribution is 2.32. The first-order valence-electron chi connectivity index (χ1n) is 7.73. The van der Waals surface area contributed by atoms with Crippen LogP contribution in [0.25, 0.3) is 0 Å². The van der Waals surface area contributed by atoms with Crippen molar-refractivity contribution in [3.05, 3.63) is 53.6 Å². The maximum absolute atomic E-state index is 12.6. The molecule has 2 aromatic rings. The van der Waals surface area contributed by atoms with E-state index in [1.807, 2.05) is 0 Å². The van der Waals surface area contributed by atoms with E-state index in [2.05, 4.69) is 10.6 Å². The molecule has 0 unspecified atom stereocenters. The number of esters is 1. The lowest BCUT2D eigenvalue weighted by molar-refractivity contribution is -0.118. The van der Waals surface area contributed by atoms with Crippen molar-refractivity contribution in [2.45, 2.75) is 6.92 Å². The Bertz CT molecular complexity index is 847. The van der Waals surface area contributed by atoms with E-state index in [0.29, 0.717) is 17.1 Å². The summed E-state index contributed by atoms with van der Waals surface area (Å²) in [6.45, 7) is 1.79. The molecule has 7 heteroatoms. The number of para-hydroxylation sites is 2. The van der Waals surface area contributed by atoms with Crippen LogP contribution in [-0.2, 0) is 9.53 Å². The summed E-state index contributed by atoms with van der Waals surface area (Å²) in [6, 6.07) is 11.4. The monoisotopic (exact) mass is 340 g/mol. The third-order valence-electron chi connectivity index (χ3n) is 3.55. The molecule has 0 fully saturated rings. The Labute approximate surface area is 143 Å². The molecule has 1 aliphatic rings. The minimum Gasteiger partial charge on any atom is -0.481 e. The highest BCUT2D eigenvalue weighted by Gasteiger charge is 2.23. The zero-order valence-corrected chi connectivity index (χ0v) is 13.5. The maximum Gasteiger partial charge on any atom is 0.340 e. The minimum atomic E-state index is -0.517. The second kappa shape index (κ2) is 7.04. The molecule has 1 heterocycles. The zero-order chi connectivity index (χ0) is 17.8. The van der Waals surface area contributed by atoms with Crippen molar-refractivity contribution in [2.24, 2.45) is 0 Å². The maximum atomic E-state index is 12.6. The second-order valence-electron chi connectivity index (χ2n) is 5.24. The fourth-order valence-corrected chi connectivity index (χ4v) is 2.46. The fourth-order valence-electron chi connectivity index (χ4n) is 2.46. The lowest BCUT2D eigenvalue weighted by Gasteiger charge is -2.20. The van der Waals surface area contributed by atoms with Gasteiger partial charge >= 0.3 is 5.97 Å². The number of amides is 2. The van der Waals surface area contributed by atoms with E-state index >= 15 is 0 Å². The van der Waals surface area contributed by atoms with Crippen LogP contribution in [0.15, 0.2) is 42.5 Å². The average Bonchev–Trinajstić information content (AvgIpc) is 2.61. The molecule has 3 rings (SSSR count). The van der Waals surface area contributed by atoms with E-state index in [1.54, 1.807) is 49.4 Å². The average molecular weight is 340 g/mol. The summed E-state index contributed by atoms with van der Waals surface area (Å²) in [4.78, 5) is 36.0. The van der Waals surface area contributed by atoms with Gasteiger partial charge in [-0.3, -0.25) is 9.59 Å². The molecule has 2 aromatic carbocycles. The second-order valence-corrected chi connectivity index (χ2v) is 5.24. The summed E-state index contributed by atoms with van der Waals surface area (Å²) in [7, 11) is 0. The van der Waals surface area contributed by atoms with Crippen LogP contribution < -0.4 is 15.4 Å². The number of anilines is 2. The van der Waals surface area contributed by atoms with Crippen LogP contribution in [0.3, 0.4) is 0 Å². The van der Waals surface area contributed by atoms with Gasteiger partial charge in [0.25, 0.3) is 11.8 Å². The first-order chi connectivity index (χ1) is 12.1. The molecule has 2 amide bonds. The third kappa shape index (κ3) is 3.45. The summed E-state index contributed by atoms with van der Waals surface area (Å²) in [5.74, 6) is -0.951. The van der Waals surface area contributed by atoms with Gasteiger partial charge in [-0.1, -0.05) is 18.2 Å². The number of ether oxygens (including phenoxy) is 2. The van der Waals surface area contributed by atoms with Gasteiger partial charge in [-0.2, -0.15) is 0 Å². The molecule has 7 nitrogen and oxygen atoms in total. The highest BCUT2D eigenvalue weighted by molar-refractivity contribution is 6.11. The van der Waals surface area contributed by atoms with E-state index in [1.165, 1.54) is 0 Å². The molecule has 0 spiro atoms. The number of hydrogen-bond acceptors (Lipinski definition) is 5. The normalized spacial score (nSPS) is 12.4. The Balaban J connectivity index is 1.88. The van der Waals surface area contributed by atoms with Crippen molar-refractivity contribution in [3.63, 3.8) is 0 Å². The van der Waals surface area contributed by atoms with Crippen LogP contribution in [0.5, 0.6) is 5.75 Å². The standard InChI is InChI=1S/C18H16N2O5/c1-2-24-18(23)11-6-3-4-8-13(11)20-17(22)12-7-5-9-14-16(12)25-10-15(21)19-14/h3-9H,2,10H2,1H3,(H,19,21)(H,20,22). The Kier molecular flexibility index (Phi) is 4.65. The predicted octanol–water partition coefficient (Wildman–Crippen LogP) is 2.45. The zero-order valence-electron chi connectivity index (χ0n) is 13.5. The number of carbonyl (C=O) groups is 3. The van der Waals surface area contributed by atoms with Gasteiger partial charge in [-0.25, -0.2) is 4.79 Å². The quantitative estimate of drug-likeness (QED) is 0.834. The topological polar surface area (TPSA) is 93.7 Å². The number of benzene rings is 2. The molecule has 128 valence electrons. The molecule has 0 aromatic heterocycles. The van der Waals surface area contributed by atoms with Crippen LogP contribution in [0.4, 0.5) is 11.4 Å². The largest absolute Gasteiger partial charge is 0.481 e. The van der Waals surface area contributed by atoms with Gasteiger partial charge in [0.05, 0.1) is 29.1 Å². The van der Waals surface area contributed by atoms with Gasteiger partial charge in [0.15, 0.2) is 12.4 Å². The number of rotatable bonds is 4. The molecule has 2 N–H and O–H groups in total. The van der Waals surface area contributed by atoms with Crippen molar-refractivity contribution in [3.8, 4) is 5.75 Å². The smallest absolute Gasteiger partial charge is 0.340 e. The molecule has 0 bridgehead atoms. The van der Waals surface area contributed by atoms with E-state index in [0.717, 1.165) is 0 Å². The number of fused-ring (bicyclic) bond motifs is 1. The molecule has 25 heavy (non-hydrogen) atoms. The van der Waals surface area contributed by atoms with E-state index in [9.17, 15) is 14.4 Å².